The molecule has 1 aromatic heterocycles. The number of aryl methyl sites for hydroxylation is 1. The second-order valence-corrected chi connectivity index (χ2v) is 5.29. The number of thiocarbonyl (C=S) groups is 1. The van der Waals surface area contributed by atoms with Crippen molar-refractivity contribution < 1.29 is 4.74 Å². The van der Waals surface area contributed by atoms with Gasteiger partial charge in [0.1, 0.15) is 16.4 Å². The lowest BCUT2D eigenvalue weighted by Crippen LogP contribution is -2.10. The van der Waals surface area contributed by atoms with Crippen molar-refractivity contribution in [2.45, 2.75) is 13.3 Å². The van der Waals surface area contributed by atoms with Crippen LogP contribution in [0.25, 0.3) is 0 Å². The SMILES string of the molecule is Cc1cccc(OCCc2nc(C(N)=S)cs2)c1. The zero-order valence-corrected chi connectivity index (χ0v) is 11.7. The Kier molecular flexibility index (Phi) is 4.28. The van der Waals surface area contributed by atoms with Crippen LogP contribution in [-0.2, 0) is 6.42 Å². The Bertz CT molecular complexity index is 551. The molecule has 0 bridgehead atoms. The first-order valence-electron chi connectivity index (χ1n) is 5.59. The highest BCUT2D eigenvalue weighted by Crippen LogP contribution is 2.14. The van der Waals surface area contributed by atoms with E-state index in [4.69, 9.17) is 22.7 Å². The molecule has 1 aromatic carbocycles. The smallest absolute Gasteiger partial charge is 0.123 e. The van der Waals surface area contributed by atoms with Crippen molar-refractivity contribution in [3.8, 4) is 5.75 Å². The Labute approximate surface area is 116 Å². The molecule has 0 aliphatic carbocycles. The van der Waals surface area contributed by atoms with Crippen LogP contribution in [0.15, 0.2) is 29.6 Å². The number of rotatable bonds is 5. The summed E-state index contributed by atoms with van der Waals surface area (Å²) < 4.78 is 5.66. The van der Waals surface area contributed by atoms with Gasteiger partial charge < -0.3 is 10.5 Å². The molecule has 2 rings (SSSR count). The van der Waals surface area contributed by atoms with Crippen LogP contribution in [0.3, 0.4) is 0 Å². The number of ether oxygens (including phenoxy) is 1. The van der Waals surface area contributed by atoms with E-state index in [1.165, 1.54) is 5.56 Å². The fraction of sp³-hybridized carbons (Fsp3) is 0.231. The number of hydrogen-bond acceptors (Lipinski definition) is 4. The number of hydrogen-bond donors (Lipinski definition) is 1. The van der Waals surface area contributed by atoms with Crippen molar-refractivity contribution in [2.24, 2.45) is 5.73 Å². The van der Waals surface area contributed by atoms with Crippen molar-refractivity contribution >= 4 is 28.5 Å². The number of thiazole rings is 1. The molecule has 0 saturated carbocycles. The lowest BCUT2D eigenvalue weighted by atomic mass is 10.2. The first-order chi connectivity index (χ1) is 8.65. The average molecular weight is 278 g/mol. The monoisotopic (exact) mass is 278 g/mol. The molecule has 0 aliphatic rings. The molecule has 0 fully saturated rings. The molecule has 0 unspecified atom stereocenters. The van der Waals surface area contributed by atoms with E-state index in [1.807, 2.05) is 36.6 Å². The Hall–Kier alpha value is -1.46. The van der Waals surface area contributed by atoms with Crippen molar-refractivity contribution in [3.05, 3.63) is 45.9 Å². The normalized spacial score (nSPS) is 10.3. The van der Waals surface area contributed by atoms with Gasteiger partial charge in [0.05, 0.1) is 11.6 Å². The van der Waals surface area contributed by atoms with Gasteiger partial charge in [-0.25, -0.2) is 4.98 Å². The molecule has 5 heteroatoms. The lowest BCUT2D eigenvalue weighted by molar-refractivity contribution is 0.321. The van der Waals surface area contributed by atoms with E-state index in [1.54, 1.807) is 11.3 Å². The Morgan fingerprint density at radius 2 is 2.33 bits per heavy atom. The zero-order chi connectivity index (χ0) is 13.0. The van der Waals surface area contributed by atoms with Gasteiger partial charge in [0.15, 0.2) is 0 Å². The van der Waals surface area contributed by atoms with Gasteiger partial charge in [-0.3, -0.25) is 0 Å². The van der Waals surface area contributed by atoms with Gasteiger partial charge in [0.25, 0.3) is 0 Å². The number of nitrogens with two attached hydrogens (primary N) is 1. The number of aromatic nitrogens is 1. The van der Waals surface area contributed by atoms with Crippen molar-refractivity contribution in [3.63, 3.8) is 0 Å². The largest absolute Gasteiger partial charge is 0.493 e. The molecule has 0 saturated heterocycles. The fourth-order valence-electron chi connectivity index (χ4n) is 1.50. The van der Waals surface area contributed by atoms with Gasteiger partial charge in [-0.05, 0) is 24.6 Å². The van der Waals surface area contributed by atoms with E-state index < -0.39 is 0 Å². The first kappa shape index (κ1) is 13.0. The van der Waals surface area contributed by atoms with Crippen LogP contribution < -0.4 is 10.5 Å². The highest BCUT2D eigenvalue weighted by Gasteiger charge is 2.04. The van der Waals surface area contributed by atoms with Crippen LogP contribution >= 0.6 is 23.6 Å². The van der Waals surface area contributed by atoms with E-state index in [9.17, 15) is 0 Å². The second-order valence-electron chi connectivity index (χ2n) is 3.91. The average Bonchev–Trinajstić information content (AvgIpc) is 2.78. The third-order valence-electron chi connectivity index (χ3n) is 2.38. The van der Waals surface area contributed by atoms with Gasteiger partial charge in [0, 0.05) is 11.8 Å². The predicted molar refractivity (Wildman–Crippen MR) is 78.4 cm³/mol. The maximum absolute atomic E-state index is 5.66. The summed E-state index contributed by atoms with van der Waals surface area (Å²) in [4.78, 5) is 4.68. The molecule has 0 aliphatic heterocycles. The van der Waals surface area contributed by atoms with E-state index in [0.29, 0.717) is 17.3 Å². The molecule has 1 heterocycles. The molecule has 18 heavy (non-hydrogen) atoms. The molecule has 2 aromatic rings. The van der Waals surface area contributed by atoms with E-state index in [0.717, 1.165) is 17.2 Å². The summed E-state index contributed by atoms with van der Waals surface area (Å²) in [5.41, 5.74) is 7.39. The lowest BCUT2D eigenvalue weighted by Gasteiger charge is -2.05. The van der Waals surface area contributed by atoms with Crippen molar-refractivity contribution in [1.29, 1.82) is 0 Å². The molecule has 0 amide bonds. The number of nitrogens with zero attached hydrogens (tertiary/aromatic N) is 1. The number of benzene rings is 1. The Morgan fingerprint density at radius 3 is 3.00 bits per heavy atom. The van der Waals surface area contributed by atoms with Crippen LogP contribution in [0.4, 0.5) is 0 Å². The van der Waals surface area contributed by atoms with E-state index >= 15 is 0 Å². The van der Waals surface area contributed by atoms with Crippen molar-refractivity contribution in [2.75, 3.05) is 6.61 Å². The van der Waals surface area contributed by atoms with Gasteiger partial charge in [-0.15, -0.1) is 11.3 Å². The summed E-state index contributed by atoms with van der Waals surface area (Å²) >= 11 is 6.43. The molecular weight excluding hydrogens is 264 g/mol. The van der Waals surface area contributed by atoms with Crippen LogP contribution in [0.2, 0.25) is 0 Å². The third-order valence-corrected chi connectivity index (χ3v) is 3.50. The molecule has 2 N–H and O–H groups in total. The fourth-order valence-corrected chi connectivity index (χ4v) is 2.46. The minimum Gasteiger partial charge on any atom is -0.493 e. The minimum absolute atomic E-state index is 0.345. The summed E-state index contributed by atoms with van der Waals surface area (Å²) in [6.45, 7) is 2.65. The zero-order valence-electron chi connectivity index (χ0n) is 10.1. The quantitative estimate of drug-likeness (QED) is 0.854. The maximum Gasteiger partial charge on any atom is 0.123 e. The Morgan fingerprint density at radius 1 is 1.50 bits per heavy atom. The predicted octanol–water partition coefficient (Wildman–Crippen LogP) is 2.71. The van der Waals surface area contributed by atoms with Crippen LogP contribution in [0.1, 0.15) is 16.3 Å². The highest BCUT2D eigenvalue weighted by molar-refractivity contribution is 7.80. The van der Waals surface area contributed by atoms with Crippen molar-refractivity contribution in [1.82, 2.24) is 4.98 Å². The highest BCUT2D eigenvalue weighted by atomic mass is 32.1. The third kappa shape index (κ3) is 3.51. The topological polar surface area (TPSA) is 48.1 Å². The van der Waals surface area contributed by atoms with Gasteiger partial charge in [0.2, 0.25) is 0 Å². The molecule has 0 atom stereocenters. The minimum atomic E-state index is 0.345. The molecular formula is C13H14N2OS2. The van der Waals surface area contributed by atoms with Crippen LogP contribution in [0, 0.1) is 6.92 Å². The van der Waals surface area contributed by atoms with E-state index in [2.05, 4.69) is 4.98 Å². The van der Waals surface area contributed by atoms with Gasteiger partial charge in [-0.1, -0.05) is 24.4 Å². The molecule has 0 spiro atoms. The summed E-state index contributed by atoms with van der Waals surface area (Å²) in [5.74, 6) is 0.890. The molecule has 3 nitrogen and oxygen atoms in total. The summed E-state index contributed by atoms with van der Waals surface area (Å²) in [6, 6.07) is 8.00. The van der Waals surface area contributed by atoms with Gasteiger partial charge in [-0.2, -0.15) is 0 Å². The summed E-state index contributed by atoms with van der Waals surface area (Å²) in [5, 5.41) is 2.87. The standard InChI is InChI=1S/C13H14N2OS2/c1-9-3-2-4-10(7-9)16-6-5-12-15-11(8-18-12)13(14)17/h2-4,7-8H,5-6H2,1H3,(H2,14,17). The second kappa shape index (κ2) is 5.93. The molecule has 0 radical (unpaired) electrons. The first-order valence-corrected chi connectivity index (χ1v) is 6.87. The van der Waals surface area contributed by atoms with Gasteiger partial charge >= 0.3 is 0 Å². The summed E-state index contributed by atoms with van der Waals surface area (Å²) in [6.07, 6.45) is 0.765. The molecule has 94 valence electrons. The summed E-state index contributed by atoms with van der Waals surface area (Å²) in [7, 11) is 0. The maximum atomic E-state index is 5.66. The van der Waals surface area contributed by atoms with E-state index in [-0.39, 0.29) is 0 Å². The van der Waals surface area contributed by atoms with Crippen LogP contribution in [0.5, 0.6) is 5.75 Å². The Balaban J connectivity index is 1.86. The van der Waals surface area contributed by atoms with Crippen LogP contribution in [-0.4, -0.2) is 16.6 Å².